The standard InChI is InChI=1S/C11H19N5O3S/c1-15-7-9(12)10(13-15)11(17)16-5-3-4-8(6-16)14-20(2,18)19/h7-8,14H,3-6,12H2,1-2H3. The number of nitrogens with two attached hydrogens (primary N) is 1. The van der Waals surface area contributed by atoms with Crippen LogP contribution in [0.4, 0.5) is 5.69 Å². The van der Waals surface area contributed by atoms with Crippen LogP contribution in [0.3, 0.4) is 0 Å². The van der Waals surface area contributed by atoms with E-state index in [0.29, 0.717) is 25.2 Å². The number of rotatable bonds is 3. The molecule has 0 saturated carbocycles. The summed E-state index contributed by atoms with van der Waals surface area (Å²) in [5.74, 6) is -0.261. The third kappa shape index (κ3) is 3.48. The SMILES string of the molecule is Cn1cc(N)c(C(=O)N2CCCC(NS(C)(=O)=O)C2)n1. The number of carbonyl (C=O) groups is 1. The van der Waals surface area contributed by atoms with Gasteiger partial charge in [-0.15, -0.1) is 0 Å². The zero-order chi connectivity index (χ0) is 14.9. The molecular weight excluding hydrogens is 282 g/mol. The maximum atomic E-state index is 12.3. The summed E-state index contributed by atoms with van der Waals surface area (Å²) in [6.45, 7) is 0.915. The van der Waals surface area contributed by atoms with E-state index in [1.807, 2.05) is 0 Å². The van der Waals surface area contributed by atoms with Crippen molar-refractivity contribution in [2.75, 3.05) is 25.1 Å². The molecule has 3 N–H and O–H groups in total. The minimum absolute atomic E-state index is 0.215. The Hall–Kier alpha value is -1.61. The van der Waals surface area contributed by atoms with Crippen LogP contribution in [0.5, 0.6) is 0 Å². The number of piperidine rings is 1. The van der Waals surface area contributed by atoms with Gasteiger partial charge in [0.15, 0.2) is 5.69 Å². The van der Waals surface area contributed by atoms with Crippen molar-refractivity contribution in [2.24, 2.45) is 7.05 Å². The van der Waals surface area contributed by atoms with Gasteiger partial charge in [-0.3, -0.25) is 9.48 Å². The second-order valence-corrected chi connectivity index (χ2v) is 6.87. The van der Waals surface area contributed by atoms with Crippen molar-refractivity contribution >= 4 is 21.6 Å². The third-order valence-electron chi connectivity index (χ3n) is 3.15. The highest BCUT2D eigenvalue weighted by Gasteiger charge is 2.28. The molecular formula is C11H19N5O3S. The molecule has 8 nitrogen and oxygen atoms in total. The molecule has 0 bridgehead atoms. The van der Waals surface area contributed by atoms with Crippen LogP contribution in [0.25, 0.3) is 0 Å². The fourth-order valence-corrected chi connectivity index (χ4v) is 3.18. The number of nitrogen functional groups attached to an aromatic ring is 1. The number of aromatic nitrogens is 2. The fraction of sp³-hybridized carbons (Fsp3) is 0.636. The number of likely N-dealkylation sites (tertiary alicyclic amines) is 1. The predicted molar refractivity (Wildman–Crippen MR) is 74.5 cm³/mol. The smallest absolute Gasteiger partial charge is 0.276 e. The first-order chi connectivity index (χ1) is 9.26. The monoisotopic (exact) mass is 301 g/mol. The van der Waals surface area contributed by atoms with Crippen molar-refractivity contribution in [1.82, 2.24) is 19.4 Å². The van der Waals surface area contributed by atoms with Gasteiger partial charge in [-0.05, 0) is 12.8 Å². The first-order valence-electron chi connectivity index (χ1n) is 6.32. The summed E-state index contributed by atoms with van der Waals surface area (Å²) in [6, 6.07) is -0.257. The maximum Gasteiger partial charge on any atom is 0.276 e. The molecule has 1 aromatic rings. The summed E-state index contributed by atoms with van der Waals surface area (Å²) in [5, 5.41) is 4.05. The summed E-state index contributed by atoms with van der Waals surface area (Å²) in [5.41, 5.74) is 6.29. The van der Waals surface area contributed by atoms with Crippen molar-refractivity contribution in [2.45, 2.75) is 18.9 Å². The molecule has 1 saturated heterocycles. The number of hydrogen-bond donors (Lipinski definition) is 2. The number of amides is 1. The van der Waals surface area contributed by atoms with E-state index in [2.05, 4.69) is 9.82 Å². The lowest BCUT2D eigenvalue weighted by molar-refractivity contribution is 0.0697. The normalized spacial score (nSPS) is 20.1. The van der Waals surface area contributed by atoms with E-state index in [4.69, 9.17) is 5.73 Å². The van der Waals surface area contributed by atoms with Gasteiger partial charge in [-0.25, -0.2) is 13.1 Å². The number of sulfonamides is 1. The van der Waals surface area contributed by atoms with Crippen molar-refractivity contribution in [1.29, 1.82) is 0 Å². The van der Waals surface area contributed by atoms with E-state index < -0.39 is 10.0 Å². The van der Waals surface area contributed by atoms with Crippen LogP contribution < -0.4 is 10.5 Å². The first kappa shape index (κ1) is 14.8. The Morgan fingerprint density at radius 3 is 2.80 bits per heavy atom. The van der Waals surface area contributed by atoms with Gasteiger partial charge in [-0.2, -0.15) is 5.10 Å². The van der Waals surface area contributed by atoms with Gasteiger partial charge in [0.2, 0.25) is 10.0 Å². The molecule has 0 spiro atoms. The highest BCUT2D eigenvalue weighted by Crippen LogP contribution is 2.16. The predicted octanol–water partition coefficient (Wildman–Crippen LogP) is -0.844. The average molecular weight is 301 g/mol. The second kappa shape index (κ2) is 5.41. The van der Waals surface area contributed by atoms with E-state index in [1.54, 1.807) is 18.1 Å². The molecule has 0 aliphatic carbocycles. The summed E-state index contributed by atoms with van der Waals surface area (Å²) < 4.78 is 26.5. The highest BCUT2D eigenvalue weighted by atomic mass is 32.2. The summed E-state index contributed by atoms with van der Waals surface area (Å²) in [7, 11) is -1.58. The molecule has 0 aromatic carbocycles. The van der Waals surface area contributed by atoms with Crippen LogP contribution in [0, 0.1) is 0 Å². The minimum Gasteiger partial charge on any atom is -0.396 e. The number of hydrogen-bond acceptors (Lipinski definition) is 5. The van der Waals surface area contributed by atoms with Crippen LogP contribution in [0.2, 0.25) is 0 Å². The molecule has 1 fully saturated rings. The summed E-state index contributed by atoms with van der Waals surface area (Å²) in [4.78, 5) is 13.9. The van der Waals surface area contributed by atoms with Crippen LogP contribution >= 0.6 is 0 Å². The van der Waals surface area contributed by atoms with E-state index in [1.165, 1.54) is 4.68 Å². The van der Waals surface area contributed by atoms with E-state index >= 15 is 0 Å². The number of nitrogens with one attached hydrogen (secondary N) is 1. The Bertz CT molecular complexity index is 610. The minimum atomic E-state index is -3.27. The molecule has 1 atom stereocenters. The van der Waals surface area contributed by atoms with Crippen molar-refractivity contribution < 1.29 is 13.2 Å². The molecule has 112 valence electrons. The zero-order valence-corrected chi connectivity index (χ0v) is 12.4. The maximum absolute atomic E-state index is 12.3. The van der Waals surface area contributed by atoms with Crippen molar-refractivity contribution in [3.8, 4) is 0 Å². The van der Waals surface area contributed by atoms with Gasteiger partial charge in [0.1, 0.15) is 0 Å². The topological polar surface area (TPSA) is 110 Å². The molecule has 1 unspecified atom stereocenters. The average Bonchev–Trinajstić information content (AvgIpc) is 2.65. The van der Waals surface area contributed by atoms with Gasteiger partial charge in [-0.1, -0.05) is 0 Å². The Morgan fingerprint density at radius 1 is 1.55 bits per heavy atom. The van der Waals surface area contributed by atoms with E-state index in [0.717, 1.165) is 12.7 Å². The van der Waals surface area contributed by atoms with Crippen molar-refractivity contribution in [3.63, 3.8) is 0 Å². The van der Waals surface area contributed by atoms with Crippen LogP contribution in [0.15, 0.2) is 6.20 Å². The third-order valence-corrected chi connectivity index (χ3v) is 3.91. The number of aryl methyl sites for hydroxylation is 1. The van der Waals surface area contributed by atoms with E-state index in [-0.39, 0.29) is 17.6 Å². The number of anilines is 1. The molecule has 1 aromatic heterocycles. The molecule has 1 aliphatic heterocycles. The number of nitrogens with zero attached hydrogens (tertiary/aromatic N) is 3. The molecule has 20 heavy (non-hydrogen) atoms. The number of carbonyl (C=O) groups excluding carboxylic acids is 1. The van der Waals surface area contributed by atoms with Crippen molar-refractivity contribution in [3.05, 3.63) is 11.9 Å². The first-order valence-corrected chi connectivity index (χ1v) is 8.21. The molecule has 2 heterocycles. The second-order valence-electron chi connectivity index (χ2n) is 5.09. The molecule has 2 rings (SSSR count). The molecule has 1 aliphatic rings. The summed E-state index contributed by atoms with van der Waals surface area (Å²) >= 11 is 0. The summed E-state index contributed by atoms with van der Waals surface area (Å²) in [6.07, 6.45) is 4.15. The van der Waals surface area contributed by atoms with Gasteiger partial charge in [0, 0.05) is 32.4 Å². The molecule has 1 amide bonds. The largest absolute Gasteiger partial charge is 0.396 e. The quantitative estimate of drug-likeness (QED) is 0.756. The Labute approximate surface area is 118 Å². The van der Waals surface area contributed by atoms with Gasteiger partial charge in [0.25, 0.3) is 5.91 Å². The van der Waals surface area contributed by atoms with Gasteiger partial charge >= 0.3 is 0 Å². The lowest BCUT2D eigenvalue weighted by Gasteiger charge is -2.32. The van der Waals surface area contributed by atoms with Gasteiger partial charge in [0.05, 0.1) is 11.9 Å². The lowest BCUT2D eigenvalue weighted by atomic mass is 10.1. The Balaban J connectivity index is 2.09. The Kier molecular flexibility index (Phi) is 4.00. The molecule has 9 heteroatoms. The zero-order valence-electron chi connectivity index (χ0n) is 11.5. The van der Waals surface area contributed by atoms with Crippen LogP contribution in [-0.2, 0) is 17.1 Å². The van der Waals surface area contributed by atoms with Crippen LogP contribution in [0.1, 0.15) is 23.3 Å². The fourth-order valence-electron chi connectivity index (χ4n) is 2.38. The Morgan fingerprint density at radius 2 is 2.25 bits per heavy atom. The van der Waals surface area contributed by atoms with E-state index in [9.17, 15) is 13.2 Å². The lowest BCUT2D eigenvalue weighted by Crippen LogP contribution is -2.49. The molecule has 0 radical (unpaired) electrons. The highest BCUT2D eigenvalue weighted by molar-refractivity contribution is 7.88. The van der Waals surface area contributed by atoms with Crippen LogP contribution in [-0.4, -0.2) is 54.4 Å². The van der Waals surface area contributed by atoms with Gasteiger partial charge < -0.3 is 10.6 Å².